The highest BCUT2D eigenvalue weighted by molar-refractivity contribution is 5.87. The van der Waals surface area contributed by atoms with E-state index >= 15 is 0 Å². The Labute approximate surface area is 113 Å². The summed E-state index contributed by atoms with van der Waals surface area (Å²) < 4.78 is 5.55. The maximum atomic E-state index is 12.7. The number of carboxylic acid groups (broad SMARTS) is 1. The molecule has 2 rings (SSSR count). The number of fused-ring (bicyclic) bond motifs is 2. The fraction of sp³-hybridized carbons (Fsp3) is 0.714. The van der Waals surface area contributed by atoms with Crippen LogP contribution in [-0.2, 0) is 14.3 Å². The van der Waals surface area contributed by atoms with Crippen molar-refractivity contribution in [3.05, 3.63) is 12.2 Å². The van der Waals surface area contributed by atoms with Gasteiger partial charge in [-0.3, -0.25) is 9.59 Å². The summed E-state index contributed by atoms with van der Waals surface area (Å²) in [5, 5.41) is 9.33. The Morgan fingerprint density at radius 3 is 1.95 bits per heavy atom. The number of rotatable bonds is 4. The second-order valence-corrected chi connectivity index (χ2v) is 5.77. The van der Waals surface area contributed by atoms with Gasteiger partial charge in [0.15, 0.2) is 0 Å². The molecule has 2 bridgehead atoms. The van der Waals surface area contributed by atoms with Gasteiger partial charge in [0.1, 0.15) is 5.92 Å². The van der Waals surface area contributed by atoms with Crippen LogP contribution < -0.4 is 0 Å². The molecule has 2 aliphatic rings. The molecule has 2 heterocycles. The van der Waals surface area contributed by atoms with Crippen LogP contribution in [0, 0.1) is 11.8 Å². The van der Waals surface area contributed by atoms with Crippen LogP contribution in [0.25, 0.3) is 0 Å². The Morgan fingerprint density at radius 1 is 1.05 bits per heavy atom. The van der Waals surface area contributed by atoms with Crippen molar-refractivity contribution in [2.24, 2.45) is 11.8 Å². The van der Waals surface area contributed by atoms with Crippen LogP contribution in [0.4, 0.5) is 0 Å². The van der Waals surface area contributed by atoms with Gasteiger partial charge in [-0.1, -0.05) is 12.2 Å². The van der Waals surface area contributed by atoms with Gasteiger partial charge in [-0.15, -0.1) is 0 Å². The average molecular weight is 267 g/mol. The van der Waals surface area contributed by atoms with Crippen LogP contribution in [0.15, 0.2) is 12.2 Å². The summed E-state index contributed by atoms with van der Waals surface area (Å²) in [5.41, 5.74) is 0. The zero-order chi connectivity index (χ0) is 14.3. The third-order valence-electron chi connectivity index (χ3n) is 3.84. The van der Waals surface area contributed by atoms with E-state index in [1.165, 1.54) is 0 Å². The smallest absolute Gasteiger partial charge is 0.310 e. The van der Waals surface area contributed by atoms with Crippen molar-refractivity contribution in [2.75, 3.05) is 0 Å². The highest BCUT2D eigenvalue weighted by Gasteiger charge is 2.54. The Kier molecular flexibility index (Phi) is 3.67. The molecule has 4 atom stereocenters. The molecule has 0 aromatic carbocycles. The second-order valence-electron chi connectivity index (χ2n) is 5.77. The van der Waals surface area contributed by atoms with Gasteiger partial charge in [0.2, 0.25) is 5.91 Å². The lowest BCUT2D eigenvalue weighted by molar-refractivity contribution is -0.151. The molecule has 1 amide bonds. The van der Waals surface area contributed by atoms with Crippen LogP contribution in [0.5, 0.6) is 0 Å². The van der Waals surface area contributed by atoms with Crippen molar-refractivity contribution in [3.8, 4) is 0 Å². The van der Waals surface area contributed by atoms with Crippen LogP contribution in [-0.4, -0.2) is 46.2 Å². The van der Waals surface area contributed by atoms with E-state index in [1.807, 2.05) is 33.8 Å². The Balaban J connectivity index is 2.27. The molecule has 0 aromatic rings. The molecule has 5 nitrogen and oxygen atoms in total. The van der Waals surface area contributed by atoms with Gasteiger partial charge in [0.25, 0.3) is 0 Å². The summed E-state index contributed by atoms with van der Waals surface area (Å²) in [7, 11) is 0. The van der Waals surface area contributed by atoms with E-state index < -0.39 is 30.0 Å². The molecule has 1 fully saturated rings. The standard InChI is InChI=1S/C14H21NO4/c1-7(2)15(8(3)4)13(16)11-9-5-6-10(19-9)12(11)14(17)18/h5-12H,1-4H3,(H,17,18). The maximum Gasteiger partial charge on any atom is 0.310 e. The van der Waals surface area contributed by atoms with E-state index in [1.54, 1.807) is 11.0 Å². The zero-order valence-electron chi connectivity index (χ0n) is 11.7. The largest absolute Gasteiger partial charge is 0.481 e. The van der Waals surface area contributed by atoms with Crippen LogP contribution in [0.1, 0.15) is 27.7 Å². The van der Waals surface area contributed by atoms with E-state index in [2.05, 4.69) is 0 Å². The minimum absolute atomic E-state index is 0.0463. The highest BCUT2D eigenvalue weighted by Crippen LogP contribution is 2.40. The minimum Gasteiger partial charge on any atom is -0.481 e. The quantitative estimate of drug-likeness (QED) is 0.779. The van der Waals surface area contributed by atoms with Crippen LogP contribution >= 0.6 is 0 Å². The minimum atomic E-state index is -0.956. The predicted molar refractivity (Wildman–Crippen MR) is 69.5 cm³/mol. The Morgan fingerprint density at radius 2 is 1.53 bits per heavy atom. The number of carbonyl (C=O) groups excluding carboxylic acids is 1. The molecule has 4 unspecified atom stereocenters. The lowest BCUT2D eigenvalue weighted by Gasteiger charge is -2.35. The van der Waals surface area contributed by atoms with Crippen molar-refractivity contribution < 1.29 is 19.4 Å². The van der Waals surface area contributed by atoms with Crippen molar-refractivity contribution in [1.29, 1.82) is 0 Å². The number of carbonyl (C=O) groups is 2. The topological polar surface area (TPSA) is 66.8 Å². The fourth-order valence-corrected chi connectivity index (χ4v) is 3.17. The summed E-state index contributed by atoms with van der Waals surface area (Å²) in [6, 6.07) is 0.0927. The van der Waals surface area contributed by atoms with E-state index in [0.29, 0.717) is 0 Å². The van der Waals surface area contributed by atoms with Gasteiger partial charge >= 0.3 is 5.97 Å². The molecule has 2 aliphatic heterocycles. The second kappa shape index (κ2) is 4.96. The number of hydrogen-bond donors (Lipinski definition) is 1. The molecule has 1 N–H and O–H groups in total. The van der Waals surface area contributed by atoms with Gasteiger partial charge in [-0.2, -0.15) is 0 Å². The number of ether oxygens (including phenoxy) is 1. The Bertz CT molecular complexity index is 408. The lowest BCUT2D eigenvalue weighted by Crippen LogP contribution is -2.50. The molecule has 0 aliphatic carbocycles. The lowest BCUT2D eigenvalue weighted by atomic mass is 9.81. The molecular weight excluding hydrogens is 246 g/mol. The van der Waals surface area contributed by atoms with Gasteiger partial charge < -0.3 is 14.7 Å². The molecular formula is C14H21NO4. The first-order valence-corrected chi connectivity index (χ1v) is 6.73. The number of carboxylic acids is 1. The first-order valence-electron chi connectivity index (χ1n) is 6.73. The third kappa shape index (κ3) is 2.27. The van der Waals surface area contributed by atoms with Crippen LogP contribution in [0.2, 0.25) is 0 Å². The maximum absolute atomic E-state index is 12.7. The summed E-state index contributed by atoms with van der Waals surface area (Å²) in [5.74, 6) is -2.43. The molecule has 19 heavy (non-hydrogen) atoms. The average Bonchev–Trinajstić information content (AvgIpc) is 2.86. The van der Waals surface area contributed by atoms with E-state index in [0.717, 1.165) is 0 Å². The van der Waals surface area contributed by atoms with Crippen molar-refractivity contribution >= 4 is 11.9 Å². The SMILES string of the molecule is CC(C)N(C(=O)C1C2C=CC(O2)C1C(=O)O)C(C)C. The number of nitrogens with zero attached hydrogens (tertiary/aromatic N) is 1. The summed E-state index contributed by atoms with van der Waals surface area (Å²) in [4.78, 5) is 25.8. The van der Waals surface area contributed by atoms with Gasteiger partial charge in [0, 0.05) is 12.1 Å². The van der Waals surface area contributed by atoms with E-state index in [-0.39, 0.29) is 18.0 Å². The van der Waals surface area contributed by atoms with Crippen molar-refractivity contribution in [2.45, 2.75) is 52.0 Å². The van der Waals surface area contributed by atoms with Crippen molar-refractivity contribution in [3.63, 3.8) is 0 Å². The number of aliphatic carboxylic acids is 1. The van der Waals surface area contributed by atoms with E-state index in [9.17, 15) is 14.7 Å². The zero-order valence-corrected chi connectivity index (χ0v) is 11.7. The molecule has 1 saturated heterocycles. The molecule has 5 heteroatoms. The predicted octanol–water partition coefficient (Wildman–Crippen LogP) is 1.29. The van der Waals surface area contributed by atoms with Crippen molar-refractivity contribution in [1.82, 2.24) is 4.90 Å². The van der Waals surface area contributed by atoms with Gasteiger partial charge in [0.05, 0.1) is 18.1 Å². The molecule has 106 valence electrons. The number of hydrogen-bond acceptors (Lipinski definition) is 3. The summed E-state index contributed by atoms with van der Waals surface area (Å²) in [6.45, 7) is 7.77. The molecule has 0 aromatic heterocycles. The summed E-state index contributed by atoms with van der Waals surface area (Å²) in [6.07, 6.45) is 2.71. The molecule has 0 spiro atoms. The molecule has 0 radical (unpaired) electrons. The van der Waals surface area contributed by atoms with Gasteiger partial charge in [-0.05, 0) is 27.7 Å². The Hall–Kier alpha value is -1.36. The first kappa shape index (κ1) is 14.1. The van der Waals surface area contributed by atoms with Crippen LogP contribution in [0.3, 0.4) is 0 Å². The van der Waals surface area contributed by atoms with Gasteiger partial charge in [-0.25, -0.2) is 0 Å². The summed E-state index contributed by atoms with van der Waals surface area (Å²) >= 11 is 0. The normalized spacial score (nSPS) is 32.3. The highest BCUT2D eigenvalue weighted by atomic mass is 16.5. The number of amides is 1. The molecule has 0 saturated carbocycles. The van der Waals surface area contributed by atoms with E-state index in [4.69, 9.17) is 4.74 Å². The fourth-order valence-electron chi connectivity index (χ4n) is 3.17. The monoisotopic (exact) mass is 267 g/mol. The first-order chi connectivity index (χ1) is 8.84. The third-order valence-corrected chi connectivity index (χ3v) is 3.84.